The fraction of sp³-hybridized carbons (Fsp3) is 0.417. The lowest BCUT2D eigenvalue weighted by Gasteiger charge is -2.09. The third kappa shape index (κ3) is 2.17. The maximum Gasteiger partial charge on any atom is 0.159 e. The van der Waals surface area contributed by atoms with Crippen molar-refractivity contribution in [3.63, 3.8) is 0 Å². The van der Waals surface area contributed by atoms with Crippen molar-refractivity contribution in [1.29, 1.82) is 0 Å². The van der Waals surface area contributed by atoms with E-state index in [4.69, 9.17) is 0 Å². The van der Waals surface area contributed by atoms with Gasteiger partial charge < -0.3 is 5.32 Å². The Morgan fingerprint density at radius 2 is 2.13 bits per heavy atom. The third-order valence-electron chi connectivity index (χ3n) is 2.59. The van der Waals surface area contributed by atoms with Crippen molar-refractivity contribution in [3.8, 4) is 0 Å². The normalized spacial score (nSPS) is 28.0. The fourth-order valence-corrected chi connectivity index (χ4v) is 1.87. The van der Waals surface area contributed by atoms with Crippen LogP contribution in [0.2, 0.25) is 0 Å². The first-order valence-electron chi connectivity index (χ1n) is 5.31. The zero-order valence-corrected chi connectivity index (χ0v) is 8.78. The van der Waals surface area contributed by atoms with Gasteiger partial charge >= 0.3 is 0 Å². The number of rotatable bonds is 2. The molecule has 2 nitrogen and oxygen atoms in total. The maximum absolute atomic E-state index is 13.5. The number of nitrogens with one attached hydrogen (secondary N) is 1. The van der Waals surface area contributed by atoms with Crippen LogP contribution in [0.1, 0.15) is 24.9 Å². The molecule has 2 rings (SSSR count). The quantitative estimate of drug-likeness (QED) is 0.789. The Morgan fingerprint density at radius 1 is 1.40 bits per heavy atom. The summed E-state index contributed by atoms with van der Waals surface area (Å²) in [5.74, 6) is 0.506. The third-order valence-corrected chi connectivity index (χ3v) is 2.59. The molecule has 1 fully saturated rings. The van der Waals surface area contributed by atoms with E-state index >= 15 is 0 Å². The van der Waals surface area contributed by atoms with E-state index in [1.807, 2.05) is 37.3 Å². The molecule has 2 unspecified atom stereocenters. The van der Waals surface area contributed by atoms with Gasteiger partial charge in [0.15, 0.2) is 6.17 Å². The molecule has 80 valence electrons. The van der Waals surface area contributed by atoms with Crippen LogP contribution in [0.4, 0.5) is 4.39 Å². The Hall–Kier alpha value is -1.38. The van der Waals surface area contributed by atoms with Crippen LogP contribution in [0.3, 0.4) is 0 Å². The van der Waals surface area contributed by atoms with Gasteiger partial charge in [0.05, 0.1) is 6.04 Å². The van der Waals surface area contributed by atoms with E-state index in [9.17, 15) is 4.39 Å². The molecule has 0 bridgehead atoms. The highest BCUT2D eigenvalue weighted by Gasteiger charge is 2.30. The van der Waals surface area contributed by atoms with Crippen molar-refractivity contribution >= 4 is 5.84 Å². The zero-order chi connectivity index (χ0) is 10.7. The molecule has 0 radical (unpaired) electrons. The van der Waals surface area contributed by atoms with Crippen molar-refractivity contribution in [1.82, 2.24) is 5.32 Å². The van der Waals surface area contributed by atoms with E-state index < -0.39 is 6.17 Å². The molecule has 2 atom stereocenters. The minimum atomic E-state index is -0.935. The Labute approximate surface area is 89.2 Å². The largest absolute Gasteiger partial charge is 0.364 e. The van der Waals surface area contributed by atoms with Gasteiger partial charge in [0.1, 0.15) is 5.84 Å². The summed E-state index contributed by atoms with van der Waals surface area (Å²) < 4.78 is 13.5. The average molecular weight is 206 g/mol. The van der Waals surface area contributed by atoms with E-state index in [0.29, 0.717) is 18.8 Å². The van der Waals surface area contributed by atoms with E-state index in [0.717, 1.165) is 5.56 Å². The molecular formula is C12H15FN2. The van der Waals surface area contributed by atoms with Gasteiger partial charge in [-0.05, 0) is 12.5 Å². The highest BCUT2D eigenvalue weighted by molar-refractivity contribution is 5.89. The SMILES string of the molecule is CC/N=C1\NC(c2ccccc2)CC1F. The molecule has 1 aromatic carbocycles. The molecule has 0 saturated carbocycles. The topological polar surface area (TPSA) is 24.4 Å². The molecule has 1 saturated heterocycles. The van der Waals surface area contributed by atoms with Gasteiger partial charge in [0.2, 0.25) is 0 Å². The Morgan fingerprint density at radius 3 is 2.80 bits per heavy atom. The number of aliphatic imine (C=N–C) groups is 1. The summed E-state index contributed by atoms with van der Waals surface area (Å²) in [6.45, 7) is 2.54. The summed E-state index contributed by atoms with van der Waals surface area (Å²) >= 11 is 0. The van der Waals surface area contributed by atoms with E-state index in [1.54, 1.807) is 0 Å². The zero-order valence-electron chi connectivity index (χ0n) is 8.78. The van der Waals surface area contributed by atoms with Crippen molar-refractivity contribution in [3.05, 3.63) is 35.9 Å². The number of halogens is 1. The number of hydrogen-bond donors (Lipinski definition) is 1. The van der Waals surface area contributed by atoms with Crippen molar-refractivity contribution in [2.24, 2.45) is 4.99 Å². The van der Waals surface area contributed by atoms with Crippen LogP contribution >= 0.6 is 0 Å². The monoisotopic (exact) mass is 206 g/mol. The van der Waals surface area contributed by atoms with Crippen LogP contribution in [0.15, 0.2) is 35.3 Å². The Balaban J connectivity index is 2.13. The minimum absolute atomic E-state index is 0.0755. The van der Waals surface area contributed by atoms with Crippen molar-refractivity contribution in [2.45, 2.75) is 25.6 Å². The fourth-order valence-electron chi connectivity index (χ4n) is 1.87. The molecule has 3 heteroatoms. The minimum Gasteiger partial charge on any atom is -0.364 e. The molecule has 0 spiro atoms. The van der Waals surface area contributed by atoms with Crippen LogP contribution in [0.25, 0.3) is 0 Å². The highest BCUT2D eigenvalue weighted by Crippen LogP contribution is 2.26. The van der Waals surface area contributed by atoms with Gasteiger partial charge in [-0.1, -0.05) is 30.3 Å². The first-order chi connectivity index (χ1) is 7.31. The Kier molecular flexibility index (Phi) is 2.99. The number of alkyl halides is 1. The Bertz CT molecular complexity index is 348. The predicted octanol–water partition coefficient (Wildman–Crippen LogP) is 2.48. The number of hydrogen-bond acceptors (Lipinski definition) is 1. The smallest absolute Gasteiger partial charge is 0.159 e. The second-order valence-corrected chi connectivity index (χ2v) is 3.67. The molecule has 0 amide bonds. The lowest BCUT2D eigenvalue weighted by atomic mass is 10.1. The molecule has 0 aliphatic carbocycles. The van der Waals surface area contributed by atoms with E-state index in [1.165, 1.54) is 0 Å². The lowest BCUT2D eigenvalue weighted by molar-refractivity contribution is 0.405. The van der Waals surface area contributed by atoms with E-state index in [2.05, 4.69) is 10.3 Å². The molecule has 1 N–H and O–H groups in total. The predicted molar refractivity (Wildman–Crippen MR) is 59.8 cm³/mol. The first-order valence-corrected chi connectivity index (χ1v) is 5.31. The molecule has 0 aromatic heterocycles. The van der Waals surface area contributed by atoms with Crippen molar-refractivity contribution < 1.29 is 4.39 Å². The second kappa shape index (κ2) is 4.43. The van der Waals surface area contributed by atoms with Crippen LogP contribution in [-0.2, 0) is 0 Å². The molecule has 1 heterocycles. The summed E-state index contributed by atoms with van der Waals surface area (Å²) in [5.41, 5.74) is 1.13. The van der Waals surface area contributed by atoms with Gasteiger partial charge in [-0.3, -0.25) is 4.99 Å². The summed E-state index contributed by atoms with van der Waals surface area (Å²) in [5, 5.41) is 3.13. The number of nitrogens with zero attached hydrogens (tertiary/aromatic N) is 1. The lowest BCUT2D eigenvalue weighted by Crippen LogP contribution is -2.22. The molecule has 1 aliphatic rings. The second-order valence-electron chi connectivity index (χ2n) is 3.67. The molecule has 1 aliphatic heterocycles. The van der Waals surface area contributed by atoms with Gasteiger partial charge in [-0.25, -0.2) is 4.39 Å². The van der Waals surface area contributed by atoms with Gasteiger partial charge in [0, 0.05) is 13.0 Å². The maximum atomic E-state index is 13.5. The van der Waals surface area contributed by atoms with Crippen LogP contribution in [-0.4, -0.2) is 18.6 Å². The van der Waals surface area contributed by atoms with Gasteiger partial charge in [-0.15, -0.1) is 0 Å². The summed E-state index contributed by atoms with van der Waals surface area (Å²) in [6, 6.07) is 10.0. The number of benzene rings is 1. The average Bonchev–Trinajstić information content (AvgIpc) is 2.63. The van der Waals surface area contributed by atoms with Gasteiger partial charge in [0.25, 0.3) is 0 Å². The van der Waals surface area contributed by atoms with Crippen LogP contribution < -0.4 is 5.32 Å². The summed E-state index contributed by atoms with van der Waals surface area (Å²) in [7, 11) is 0. The number of amidine groups is 1. The van der Waals surface area contributed by atoms with E-state index in [-0.39, 0.29) is 6.04 Å². The summed E-state index contributed by atoms with van der Waals surface area (Å²) in [4.78, 5) is 4.11. The first kappa shape index (κ1) is 10.1. The molecular weight excluding hydrogens is 191 g/mol. The van der Waals surface area contributed by atoms with Crippen LogP contribution in [0, 0.1) is 0 Å². The standard InChI is InChI=1S/C12H15FN2/c1-2-14-12-10(13)8-11(15-12)9-6-4-3-5-7-9/h3-7,10-11H,2,8H2,1H3,(H,14,15). The summed E-state index contributed by atoms with van der Waals surface area (Å²) in [6.07, 6.45) is -0.446. The van der Waals surface area contributed by atoms with Crippen LogP contribution in [0.5, 0.6) is 0 Å². The van der Waals surface area contributed by atoms with Crippen molar-refractivity contribution in [2.75, 3.05) is 6.54 Å². The molecule has 1 aromatic rings. The highest BCUT2D eigenvalue weighted by atomic mass is 19.1. The molecule has 15 heavy (non-hydrogen) atoms. The van der Waals surface area contributed by atoms with Gasteiger partial charge in [-0.2, -0.15) is 0 Å².